The van der Waals surface area contributed by atoms with Gasteiger partial charge in [-0.15, -0.1) is 0 Å². The van der Waals surface area contributed by atoms with Crippen LogP contribution in [-0.2, 0) is 23.9 Å². The van der Waals surface area contributed by atoms with Gasteiger partial charge in [-0.2, -0.15) is 18.3 Å². The van der Waals surface area contributed by atoms with Crippen LogP contribution >= 0.6 is 0 Å². The monoisotopic (exact) mass is 687 g/mol. The molecule has 12 heteroatoms. The van der Waals surface area contributed by atoms with Crippen molar-refractivity contribution in [3.63, 3.8) is 0 Å². The molecule has 0 fully saturated rings. The quantitative estimate of drug-likeness (QED) is 0.313. The number of alkyl halides is 3. The Kier molecular flexibility index (Phi) is 7.49. The molecule has 0 saturated carbocycles. The van der Waals surface area contributed by atoms with E-state index in [1.807, 2.05) is 0 Å². The van der Waals surface area contributed by atoms with Crippen LogP contribution in [0, 0.1) is 17.3 Å². The normalized spacial score (nSPS) is 12.7. The largest absolute Gasteiger partial charge is 0.577 e. The molecule has 1 atom stereocenters. The molecule has 0 saturated heterocycles. The molecule has 2 aromatic carbocycles. The maximum Gasteiger partial charge on any atom is 0.407 e. The van der Waals surface area contributed by atoms with Gasteiger partial charge >= 0.3 is 6.18 Å². The molecule has 0 unspecified atom stereocenters. The zero-order valence-corrected chi connectivity index (χ0v) is 18.8. The van der Waals surface area contributed by atoms with Gasteiger partial charge in [-0.3, -0.25) is 9.48 Å². The Morgan fingerprint density at radius 2 is 1.91 bits per heavy atom. The van der Waals surface area contributed by atoms with E-state index in [0.717, 1.165) is 12.1 Å². The van der Waals surface area contributed by atoms with Gasteiger partial charge < -0.3 is 15.6 Å². The van der Waals surface area contributed by atoms with E-state index >= 15 is 0 Å². The van der Waals surface area contributed by atoms with Crippen LogP contribution in [0.2, 0.25) is 0 Å². The second-order valence-corrected chi connectivity index (χ2v) is 6.81. The van der Waals surface area contributed by atoms with Crippen molar-refractivity contribution < 1.29 is 27.5 Å². The Hall–Kier alpha value is -4.65. The van der Waals surface area contributed by atoms with Crippen molar-refractivity contribution >= 4 is 22.4 Å². The van der Waals surface area contributed by atoms with E-state index in [1.54, 1.807) is 6.07 Å². The molecule has 1 aromatic heterocycles. The van der Waals surface area contributed by atoms with Crippen LogP contribution in [0.5, 0.6) is 0 Å². The molecule has 0 bridgehead atoms. The van der Waals surface area contributed by atoms with E-state index in [1.165, 1.54) is 36.0 Å². The predicted octanol–water partition coefficient (Wildman–Crippen LogP) is 4.63. The Morgan fingerprint density at radius 3 is 2.50 bits per heavy atom. The number of halogens is 4. The summed E-state index contributed by atoms with van der Waals surface area (Å²) in [5.41, 5.74) is 2.49. The molecule has 3 aromatic rings. The standard InChI is InChI=1S/C20H15F4N3O2.Es.NO/c1-19(29,11-27-17-5-3-4-15(21)13(17)10-26-27)18(28)9-12-6-7-16(25-2)14(8-12)20(22,23)24;;1-2/h3-8,10,29H,9,11H2,1H3;;/q;;-1/t19-;;/m0../s1. The molecule has 173 valence electrons. The summed E-state index contributed by atoms with van der Waals surface area (Å²) in [6, 6.07) is 7.27. The fourth-order valence-corrected chi connectivity index (χ4v) is 2.97. The summed E-state index contributed by atoms with van der Waals surface area (Å²) in [7, 11) is 0. The zero-order chi connectivity index (χ0) is 23.4. The predicted molar refractivity (Wildman–Crippen MR) is 103 cm³/mol. The van der Waals surface area contributed by atoms with Crippen LogP contribution in [0.1, 0.15) is 18.1 Å². The van der Waals surface area contributed by atoms with Gasteiger partial charge in [0, 0.05) is 6.42 Å². The fourth-order valence-electron chi connectivity index (χ4n) is 2.97. The zero-order valence-electron chi connectivity index (χ0n) is 16.3. The summed E-state index contributed by atoms with van der Waals surface area (Å²) in [6.07, 6.45) is -3.94. The molecule has 3 rings (SSSR count). The van der Waals surface area contributed by atoms with Crippen LogP contribution in [0.25, 0.3) is 21.3 Å². The molecular formula is C20H15EsF4N4O3-. The first-order valence-corrected chi connectivity index (χ1v) is 8.64. The number of benzene rings is 2. The number of nitrogens with zero attached hydrogens (tertiary/aromatic N) is 4. The Bertz CT molecular complexity index is 1160. The van der Waals surface area contributed by atoms with E-state index in [2.05, 4.69) is 9.94 Å². The maximum absolute atomic E-state index is 13.8. The Labute approximate surface area is 173 Å². The van der Waals surface area contributed by atoms with Gasteiger partial charge in [0.25, 0.3) is 0 Å². The first-order chi connectivity index (χ1) is 14.5. The molecule has 0 spiro atoms. The Morgan fingerprint density at radius 1 is 1.25 bits per heavy atom. The van der Waals surface area contributed by atoms with E-state index in [0.29, 0.717) is 5.52 Å². The van der Waals surface area contributed by atoms with Gasteiger partial charge in [0.15, 0.2) is 11.5 Å². The van der Waals surface area contributed by atoms with Gasteiger partial charge in [0.05, 0.1) is 35.8 Å². The average Bonchev–Trinajstić information content (AvgIpc) is 3.12. The van der Waals surface area contributed by atoms with E-state index in [4.69, 9.17) is 17.1 Å². The van der Waals surface area contributed by atoms with E-state index in [9.17, 15) is 27.5 Å². The fraction of sp³-hybridized carbons (Fsp3) is 0.250. The third kappa shape index (κ3) is 5.09. The number of nitroso groups, excluding NO2 is 1. The van der Waals surface area contributed by atoms with Crippen molar-refractivity contribution in [1.82, 2.24) is 9.78 Å². The third-order valence-corrected chi connectivity index (χ3v) is 4.54. The van der Waals surface area contributed by atoms with Gasteiger partial charge in [0.1, 0.15) is 11.4 Å². The molecule has 1 N–H and O–H groups in total. The summed E-state index contributed by atoms with van der Waals surface area (Å²) in [4.78, 5) is 22.7. The van der Waals surface area contributed by atoms with Gasteiger partial charge in [-0.25, -0.2) is 9.24 Å². The van der Waals surface area contributed by atoms with Crippen molar-refractivity contribution in [2.45, 2.75) is 31.7 Å². The number of aromatic nitrogens is 2. The van der Waals surface area contributed by atoms with Crippen LogP contribution in [-0.4, -0.2) is 26.3 Å². The van der Waals surface area contributed by atoms with Crippen molar-refractivity contribution in [3.05, 3.63) is 81.5 Å². The summed E-state index contributed by atoms with van der Waals surface area (Å²) in [6.45, 7) is 7.77. The minimum absolute atomic E-state index is 0. The van der Waals surface area contributed by atoms with Crippen LogP contribution in [0.15, 0.2) is 42.6 Å². The first-order valence-electron chi connectivity index (χ1n) is 8.64. The number of hydrogen-bond acceptors (Lipinski definition) is 4. The van der Waals surface area contributed by atoms with Gasteiger partial charge in [-0.05, 0) is 24.6 Å². The second kappa shape index (κ2) is 9.44. The number of rotatable bonds is 5. The van der Waals surface area contributed by atoms with Crippen LogP contribution in [0.3, 0.4) is 0 Å². The van der Waals surface area contributed by atoms with Gasteiger partial charge in [0.2, 0.25) is 0 Å². The van der Waals surface area contributed by atoms with Crippen molar-refractivity contribution in [1.29, 1.82) is 0 Å². The summed E-state index contributed by atoms with van der Waals surface area (Å²) < 4.78 is 54.3. The number of carbonyl (C=O) groups is 1. The SMILES string of the molecule is [C-]#[N+]c1ccc(CC(=O)[C@@](C)(O)Cn2ncc3c(F)cccc32)cc1C(F)(F)F.[Es].[N-]=O. The number of aliphatic hydroxyl groups is 1. The number of fused-ring (bicyclic) bond motifs is 1. The van der Waals surface area contributed by atoms with Gasteiger partial charge in [-0.1, -0.05) is 24.3 Å². The topological polar surface area (TPSA) is 98.8 Å². The van der Waals surface area contributed by atoms with Crippen LogP contribution in [0.4, 0.5) is 23.2 Å². The molecule has 0 aliphatic heterocycles. The maximum atomic E-state index is 13.8. The molecule has 32 heavy (non-hydrogen) atoms. The number of carbonyl (C=O) groups excluding carboxylic acids is 1. The number of ketones is 1. The summed E-state index contributed by atoms with van der Waals surface area (Å²) >= 11 is 0. The molecule has 0 aliphatic carbocycles. The average molecular weight is 687 g/mol. The number of Topliss-reactive ketones (excluding diaryl/α,β-unsaturated/α-hetero) is 1. The number of hydrogen-bond donors (Lipinski definition) is 1. The van der Waals surface area contributed by atoms with E-state index < -0.39 is 41.0 Å². The molecule has 1 heterocycles. The summed E-state index contributed by atoms with van der Waals surface area (Å²) in [5, 5.41) is 14.8. The summed E-state index contributed by atoms with van der Waals surface area (Å²) in [5.74, 6) is -1.24. The second-order valence-electron chi connectivity index (χ2n) is 6.81. The molecule has 0 amide bonds. The third-order valence-electron chi connectivity index (χ3n) is 4.54. The van der Waals surface area contributed by atoms with Crippen molar-refractivity contribution in [2.24, 2.45) is 0 Å². The van der Waals surface area contributed by atoms with Crippen molar-refractivity contribution in [3.8, 4) is 0 Å². The minimum atomic E-state index is -4.74. The smallest absolute Gasteiger partial charge is 0.407 e. The first kappa shape index (κ1) is 25.4. The molecular weight excluding hydrogens is 672 g/mol. The van der Waals surface area contributed by atoms with Crippen LogP contribution < -0.4 is 0 Å². The molecule has 0 aliphatic rings. The minimum Gasteiger partial charge on any atom is -0.577 e. The molecule has 1 radical (unpaired) electrons. The Balaban J connectivity index is 0.00000166. The van der Waals surface area contributed by atoms with Crippen molar-refractivity contribution in [2.75, 3.05) is 0 Å². The van der Waals surface area contributed by atoms with E-state index in [-0.39, 0.29) is 17.5 Å². The molecule has 7 nitrogen and oxygen atoms in total.